The Morgan fingerprint density at radius 2 is 2.35 bits per heavy atom. The minimum absolute atomic E-state index is 0.0372. The van der Waals surface area contributed by atoms with Crippen LogP contribution in [0.1, 0.15) is 17.3 Å². The van der Waals surface area contributed by atoms with Crippen molar-refractivity contribution in [2.75, 3.05) is 19.6 Å². The first kappa shape index (κ1) is 12.3. The van der Waals surface area contributed by atoms with E-state index >= 15 is 0 Å². The van der Waals surface area contributed by atoms with E-state index in [-0.39, 0.29) is 17.0 Å². The average molecular weight is 257 g/mol. The molecule has 0 saturated carbocycles. The molecule has 1 aliphatic rings. The molecule has 5 heteroatoms. The fraction of sp³-hybridized carbons (Fsp3) is 0.417. The van der Waals surface area contributed by atoms with Gasteiger partial charge in [-0.1, -0.05) is 11.6 Å². The number of hydrogen-bond acceptors (Lipinski definition) is 2. The van der Waals surface area contributed by atoms with E-state index in [0.29, 0.717) is 18.7 Å². The molecule has 1 unspecified atom stereocenters. The number of nitrogens with zero attached hydrogens (tertiary/aromatic N) is 1. The Morgan fingerprint density at radius 3 is 3.00 bits per heavy atom. The van der Waals surface area contributed by atoms with Gasteiger partial charge in [0.25, 0.3) is 5.91 Å². The standard InChI is InChI=1S/C12H14ClFN2O/c1-8-7-16(5-4-15-8)12(17)9-2-3-10(13)11(14)6-9/h2-3,6,8,15H,4-5,7H2,1H3. The molecular formula is C12H14ClFN2O. The van der Waals surface area contributed by atoms with Crippen LogP contribution in [0.5, 0.6) is 0 Å². The third kappa shape index (κ3) is 2.76. The summed E-state index contributed by atoms with van der Waals surface area (Å²) in [5.41, 5.74) is 0.348. The van der Waals surface area contributed by atoms with E-state index in [2.05, 4.69) is 5.32 Å². The molecule has 1 heterocycles. The first-order valence-electron chi connectivity index (χ1n) is 5.55. The molecule has 1 saturated heterocycles. The van der Waals surface area contributed by atoms with E-state index in [9.17, 15) is 9.18 Å². The molecule has 1 aromatic carbocycles. The molecule has 1 aliphatic heterocycles. The van der Waals surface area contributed by atoms with Gasteiger partial charge in [-0.15, -0.1) is 0 Å². The largest absolute Gasteiger partial charge is 0.336 e. The van der Waals surface area contributed by atoms with E-state index in [1.807, 2.05) is 6.92 Å². The van der Waals surface area contributed by atoms with Gasteiger partial charge in [-0.05, 0) is 25.1 Å². The Labute approximate surface area is 105 Å². The maximum atomic E-state index is 13.3. The van der Waals surface area contributed by atoms with Crippen molar-refractivity contribution in [1.82, 2.24) is 10.2 Å². The summed E-state index contributed by atoms with van der Waals surface area (Å²) in [7, 11) is 0. The van der Waals surface area contributed by atoms with E-state index in [1.165, 1.54) is 12.1 Å². The second kappa shape index (κ2) is 5.02. The molecule has 92 valence electrons. The van der Waals surface area contributed by atoms with Crippen molar-refractivity contribution in [3.8, 4) is 0 Å². The zero-order chi connectivity index (χ0) is 12.4. The van der Waals surface area contributed by atoms with Gasteiger partial charge in [0, 0.05) is 31.2 Å². The lowest BCUT2D eigenvalue weighted by molar-refractivity contribution is 0.0708. The molecule has 0 aromatic heterocycles. The van der Waals surface area contributed by atoms with Crippen molar-refractivity contribution >= 4 is 17.5 Å². The predicted octanol–water partition coefficient (Wildman–Crippen LogP) is 1.91. The van der Waals surface area contributed by atoms with E-state index in [1.54, 1.807) is 11.0 Å². The Morgan fingerprint density at radius 1 is 1.59 bits per heavy atom. The van der Waals surface area contributed by atoms with Gasteiger partial charge in [-0.3, -0.25) is 4.79 Å². The fourth-order valence-corrected chi connectivity index (χ4v) is 2.05. The molecule has 3 nitrogen and oxygen atoms in total. The van der Waals surface area contributed by atoms with Crippen molar-refractivity contribution in [3.05, 3.63) is 34.6 Å². The monoisotopic (exact) mass is 256 g/mol. The molecule has 1 fully saturated rings. The molecular weight excluding hydrogens is 243 g/mol. The summed E-state index contributed by atoms with van der Waals surface area (Å²) in [5, 5.41) is 3.29. The molecule has 1 amide bonds. The van der Waals surface area contributed by atoms with Gasteiger partial charge >= 0.3 is 0 Å². The summed E-state index contributed by atoms with van der Waals surface area (Å²) in [4.78, 5) is 13.8. The topological polar surface area (TPSA) is 32.3 Å². The smallest absolute Gasteiger partial charge is 0.254 e. The molecule has 1 atom stereocenters. The highest BCUT2D eigenvalue weighted by atomic mass is 35.5. The fourth-order valence-electron chi connectivity index (χ4n) is 1.93. The van der Waals surface area contributed by atoms with Crippen LogP contribution in [0.4, 0.5) is 4.39 Å². The summed E-state index contributed by atoms with van der Waals surface area (Å²) in [6.07, 6.45) is 0. The van der Waals surface area contributed by atoms with Crippen LogP contribution in [0.15, 0.2) is 18.2 Å². The van der Waals surface area contributed by atoms with Gasteiger partial charge < -0.3 is 10.2 Å². The van der Waals surface area contributed by atoms with Gasteiger partial charge in [0.2, 0.25) is 0 Å². The number of amides is 1. The van der Waals surface area contributed by atoms with Crippen LogP contribution in [0.2, 0.25) is 5.02 Å². The second-order valence-electron chi connectivity index (χ2n) is 4.24. The van der Waals surface area contributed by atoms with Crippen LogP contribution in [0.25, 0.3) is 0 Å². The molecule has 0 radical (unpaired) electrons. The van der Waals surface area contributed by atoms with Crippen molar-refractivity contribution in [1.29, 1.82) is 0 Å². The first-order valence-corrected chi connectivity index (χ1v) is 5.93. The van der Waals surface area contributed by atoms with Gasteiger partial charge in [0.15, 0.2) is 0 Å². The van der Waals surface area contributed by atoms with Crippen LogP contribution in [0.3, 0.4) is 0 Å². The van der Waals surface area contributed by atoms with Gasteiger partial charge in [-0.2, -0.15) is 0 Å². The summed E-state index contributed by atoms with van der Waals surface area (Å²) >= 11 is 5.58. The van der Waals surface area contributed by atoms with Crippen LogP contribution in [-0.2, 0) is 0 Å². The third-order valence-corrected chi connectivity index (χ3v) is 3.13. The minimum atomic E-state index is -0.555. The molecule has 0 spiro atoms. The molecule has 17 heavy (non-hydrogen) atoms. The van der Waals surface area contributed by atoms with Crippen molar-refractivity contribution in [3.63, 3.8) is 0 Å². The number of carbonyl (C=O) groups is 1. The number of piperazine rings is 1. The number of carbonyl (C=O) groups excluding carboxylic acids is 1. The summed E-state index contributed by atoms with van der Waals surface area (Å²) in [6.45, 7) is 4.07. The number of rotatable bonds is 1. The number of halogens is 2. The van der Waals surface area contributed by atoms with Crippen LogP contribution in [0, 0.1) is 5.82 Å². The maximum absolute atomic E-state index is 13.3. The summed E-state index contributed by atoms with van der Waals surface area (Å²) in [6, 6.07) is 4.43. The predicted molar refractivity (Wildman–Crippen MR) is 64.8 cm³/mol. The van der Waals surface area contributed by atoms with E-state index in [0.717, 1.165) is 6.54 Å². The lowest BCUT2D eigenvalue weighted by Gasteiger charge is -2.32. The zero-order valence-corrected chi connectivity index (χ0v) is 10.3. The summed E-state index contributed by atoms with van der Waals surface area (Å²) in [5.74, 6) is -0.699. The minimum Gasteiger partial charge on any atom is -0.336 e. The normalized spacial score (nSPS) is 20.4. The maximum Gasteiger partial charge on any atom is 0.254 e. The quantitative estimate of drug-likeness (QED) is 0.833. The van der Waals surface area contributed by atoms with Crippen molar-refractivity contribution in [2.24, 2.45) is 0 Å². The van der Waals surface area contributed by atoms with Crippen LogP contribution < -0.4 is 5.32 Å². The highest BCUT2D eigenvalue weighted by Gasteiger charge is 2.22. The van der Waals surface area contributed by atoms with Gasteiger partial charge in [-0.25, -0.2) is 4.39 Å². The van der Waals surface area contributed by atoms with E-state index < -0.39 is 5.82 Å². The lowest BCUT2D eigenvalue weighted by atomic mass is 10.1. The number of nitrogens with one attached hydrogen (secondary N) is 1. The Hall–Kier alpha value is -1.13. The SMILES string of the molecule is CC1CN(C(=O)c2ccc(Cl)c(F)c2)CCN1. The van der Waals surface area contributed by atoms with Gasteiger partial charge in [0.1, 0.15) is 5.82 Å². The van der Waals surface area contributed by atoms with Gasteiger partial charge in [0.05, 0.1) is 5.02 Å². The third-order valence-electron chi connectivity index (χ3n) is 2.82. The van der Waals surface area contributed by atoms with Crippen LogP contribution in [-0.4, -0.2) is 36.5 Å². The number of benzene rings is 1. The Balaban J connectivity index is 2.15. The molecule has 0 aliphatic carbocycles. The zero-order valence-electron chi connectivity index (χ0n) is 9.54. The van der Waals surface area contributed by atoms with Crippen molar-refractivity contribution in [2.45, 2.75) is 13.0 Å². The van der Waals surface area contributed by atoms with Crippen LogP contribution >= 0.6 is 11.6 Å². The second-order valence-corrected chi connectivity index (χ2v) is 4.64. The number of hydrogen-bond donors (Lipinski definition) is 1. The Kier molecular flexibility index (Phi) is 3.64. The van der Waals surface area contributed by atoms with Crippen molar-refractivity contribution < 1.29 is 9.18 Å². The highest BCUT2D eigenvalue weighted by Crippen LogP contribution is 2.17. The highest BCUT2D eigenvalue weighted by molar-refractivity contribution is 6.30. The molecule has 1 aromatic rings. The lowest BCUT2D eigenvalue weighted by Crippen LogP contribution is -2.51. The average Bonchev–Trinajstić information content (AvgIpc) is 2.32. The molecule has 0 bridgehead atoms. The first-order chi connectivity index (χ1) is 8.08. The molecule has 1 N–H and O–H groups in total. The summed E-state index contributed by atoms with van der Waals surface area (Å²) < 4.78 is 13.3. The van der Waals surface area contributed by atoms with E-state index in [4.69, 9.17) is 11.6 Å². The Bertz CT molecular complexity index is 439. The molecule has 2 rings (SSSR count).